The second-order valence-electron chi connectivity index (χ2n) is 7.11. The number of fused-ring (bicyclic) bond motifs is 1. The average Bonchev–Trinajstić information content (AvgIpc) is 3.40. The molecular formula is C21H21N3O6S. The van der Waals surface area contributed by atoms with Crippen LogP contribution in [0.5, 0.6) is 5.75 Å². The normalized spacial score (nSPS) is 17.0. The Morgan fingerprint density at radius 3 is 2.55 bits per heavy atom. The van der Waals surface area contributed by atoms with E-state index in [4.69, 9.17) is 14.9 Å². The van der Waals surface area contributed by atoms with Crippen LogP contribution >= 0.6 is 0 Å². The lowest BCUT2D eigenvalue weighted by Gasteiger charge is -2.23. The van der Waals surface area contributed by atoms with E-state index in [-0.39, 0.29) is 22.9 Å². The van der Waals surface area contributed by atoms with Crippen LogP contribution in [0.25, 0.3) is 11.0 Å². The molecule has 1 aliphatic heterocycles. The van der Waals surface area contributed by atoms with Crippen molar-refractivity contribution in [3.63, 3.8) is 0 Å². The van der Waals surface area contributed by atoms with Crippen LogP contribution < -0.4 is 15.8 Å². The highest BCUT2D eigenvalue weighted by Crippen LogP contribution is 2.33. The number of nitrogens with one attached hydrogen (secondary N) is 1. The Balaban J connectivity index is 1.64. The Bertz CT molecular complexity index is 1250. The van der Waals surface area contributed by atoms with Gasteiger partial charge in [0.05, 0.1) is 12.0 Å². The molecule has 1 fully saturated rings. The monoisotopic (exact) mass is 443 g/mol. The summed E-state index contributed by atoms with van der Waals surface area (Å²) in [5.74, 6) is -1.04. The van der Waals surface area contributed by atoms with Crippen molar-refractivity contribution in [1.82, 2.24) is 4.31 Å². The van der Waals surface area contributed by atoms with E-state index >= 15 is 0 Å². The molecule has 1 aliphatic rings. The first-order valence-electron chi connectivity index (χ1n) is 9.61. The quantitative estimate of drug-likeness (QED) is 0.601. The Morgan fingerprint density at radius 2 is 1.87 bits per heavy atom. The predicted molar refractivity (Wildman–Crippen MR) is 113 cm³/mol. The molecule has 1 aromatic heterocycles. The van der Waals surface area contributed by atoms with Crippen molar-refractivity contribution in [1.29, 1.82) is 0 Å². The van der Waals surface area contributed by atoms with Crippen LogP contribution in [0.15, 0.2) is 57.8 Å². The molecule has 2 heterocycles. The standard InChI is InChI=1S/C21H21N3O6S/c1-29-13-8-10-14(11-9-13)31(27,28)24-12-4-6-16(24)21(26)23-18-15-5-2-3-7-17(15)30-19(18)20(22)25/h2-3,5,7-11,16H,4,6,12H2,1H3,(H2,22,25)(H,23,26). The van der Waals surface area contributed by atoms with Gasteiger partial charge in [-0.25, -0.2) is 8.42 Å². The van der Waals surface area contributed by atoms with Gasteiger partial charge in [0.25, 0.3) is 5.91 Å². The molecule has 0 radical (unpaired) electrons. The van der Waals surface area contributed by atoms with Crippen LogP contribution in [0.2, 0.25) is 0 Å². The summed E-state index contributed by atoms with van der Waals surface area (Å²) in [6.07, 6.45) is 0.880. The highest BCUT2D eigenvalue weighted by Gasteiger charge is 2.40. The Morgan fingerprint density at radius 1 is 1.16 bits per heavy atom. The van der Waals surface area contributed by atoms with Crippen molar-refractivity contribution in [3.05, 3.63) is 54.3 Å². The van der Waals surface area contributed by atoms with Gasteiger partial charge < -0.3 is 20.2 Å². The number of carbonyl (C=O) groups is 2. The zero-order valence-electron chi connectivity index (χ0n) is 16.7. The molecular weight excluding hydrogens is 422 g/mol. The van der Waals surface area contributed by atoms with Gasteiger partial charge in [0.15, 0.2) is 0 Å². The molecule has 2 amide bonds. The number of benzene rings is 2. The minimum Gasteiger partial charge on any atom is -0.497 e. The number of ether oxygens (including phenoxy) is 1. The molecule has 3 aromatic rings. The summed E-state index contributed by atoms with van der Waals surface area (Å²) >= 11 is 0. The maximum atomic E-state index is 13.2. The molecule has 4 rings (SSSR count). The summed E-state index contributed by atoms with van der Waals surface area (Å²) in [5.41, 5.74) is 5.93. The molecule has 1 atom stereocenters. The van der Waals surface area contributed by atoms with Crippen LogP contribution in [0.4, 0.5) is 5.69 Å². The van der Waals surface area contributed by atoms with Gasteiger partial charge in [0.1, 0.15) is 23.1 Å². The number of hydrogen-bond donors (Lipinski definition) is 2. The highest BCUT2D eigenvalue weighted by atomic mass is 32.2. The summed E-state index contributed by atoms with van der Waals surface area (Å²) in [6.45, 7) is 0.210. The van der Waals surface area contributed by atoms with E-state index in [9.17, 15) is 18.0 Å². The topological polar surface area (TPSA) is 132 Å². The molecule has 1 saturated heterocycles. The van der Waals surface area contributed by atoms with Crippen molar-refractivity contribution >= 4 is 38.5 Å². The van der Waals surface area contributed by atoms with Crippen LogP contribution in [0.1, 0.15) is 23.4 Å². The second-order valence-corrected chi connectivity index (χ2v) is 9.00. The number of sulfonamides is 1. The van der Waals surface area contributed by atoms with E-state index in [1.807, 2.05) is 0 Å². The fourth-order valence-electron chi connectivity index (χ4n) is 3.72. The third kappa shape index (κ3) is 3.75. The Kier molecular flexibility index (Phi) is 5.42. The fourth-order valence-corrected chi connectivity index (χ4v) is 5.38. The minimum absolute atomic E-state index is 0.0691. The van der Waals surface area contributed by atoms with E-state index in [0.29, 0.717) is 29.6 Å². The number of furan rings is 1. The molecule has 162 valence electrons. The number of nitrogens with two attached hydrogens (primary N) is 1. The number of nitrogens with zero attached hydrogens (tertiary/aromatic N) is 1. The Labute approximate surface area is 178 Å². The zero-order valence-corrected chi connectivity index (χ0v) is 17.5. The van der Waals surface area contributed by atoms with Gasteiger partial charge in [0, 0.05) is 11.9 Å². The number of rotatable bonds is 6. The number of methoxy groups -OCH3 is 1. The summed E-state index contributed by atoms with van der Waals surface area (Å²) in [4.78, 5) is 25.0. The molecule has 3 N–H and O–H groups in total. The van der Waals surface area contributed by atoms with Crippen LogP contribution in [0, 0.1) is 0 Å². The van der Waals surface area contributed by atoms with Gasteiger partial charge in [-0.1, -0.05) is 12.1 Å². The molecule has 10 heteroatoms. The number of para-hydroxylation sites is 1. The fraction of sp³-hybridized carbons (Fsp3) is 0.238. The highest BCUT2D eigenvalue weighted by molar-refractivity contribution is 7.89. The van der Waals surface area contributed by atoms with Gasteiger partial charge in [-0.2, -0.15) is 4.31 Å². The van der Waals surface area contributed by atoms with Crippen LogP contribution in [-0.4, -0.2) is 44.2 Å². The molecule has 0 bridgehead atoms. The summed E-state index contributed by atoms with van der Waals surface area (Å²) in [5, 5.41) is 3.18. The lowest BCUT2D eigenvalue weighted by atomic mass is 10.2. The SMILES string of the molecule is COc1ccc(S(=O)(=O)N2CCCC2C(=O)Nc2c(C(N)=O)oc3ccccc23)cc1. The van der Waals surface area contributed by atoms with Gasteiger partial charge in [0.2, 0.25) is 21.7 Å². The van der Waals surface area contributed by atoms with Crippen molar-refractivity contribution in [2.24, 2.45) is 5.73 Å². The molecule has 0 spiro atoms. The average molecular weight is 443 g/mol. The first kappa shape index (κ1) is 20.9. The van der Waals surface area contributed by atoms with E-state index in [2.05, 4.69) is 5.32 Å². The lowest BCUT2D eigenvalue weighted by Crippen LogP contribution is -2.43. The van der Waals surface area contributed by atoms with Gasteiger partial charge in [-0.15, -0.1) is 0 Å². The lowest BCUT2D eigenvalue weighted by molar-refractivity contribution is -0.119. The molecule has 1 unspecified atom stereocenters. The largest absolute Gasteiger partial charge is 0.497 e. The van der Waals surface area contributed by atoms with Gasteiger partial charge >= 0.3 is 0 Å². The molecule has 31 heavy (non-hydrogen) atoms. The van der Waals surface area contributed by atoms with Gasteiger partial charge in [-0.05, 0) is 49.2 Å². The number of amides is 2. The summed E-state index contributed by atoms with van der Waals surface area (Å²) < 4.78 is 38.0. The van der Waals surface area contributed by atoms with Gasteiger partial charge in [-0.3, -0.25) is 9.59 Å². The summed E-state index contributed by atoms with van der Waals surface area (Å²) in [7, 11) is -2.41. The Hall–Kier alpha value is -3.37. The first-order chi connectivity index (χ1) is 14.8. The molecule has 0 saturated carbocycles. The molecule has 9 nitrogen and oxygen atoms in total. The van der Waals surface area contributed by atoms with E-state index < -0.39 is 27.9 Å². The minimum atomic E-state index is -3.90. The van der Waals surface area contributed by atoms with Crippen molar-refractivity contribution in [3.8, 4) is 5.75 Å². The molecule has 0 aliphatic carbocycles. The smallest absolute Gasteiger partial charge is 0.286 e. The molecule has 2 aromatic carbocycles. The van der Waals surface area contributed by atoms with E-state index in [0.717, 1.165) is 0 Å². The van der Waals surface area contributed by atoms with E-state index in [1.165, 1.54) is 23.5 Å². The van der Waals surface area contributed by atoms with Crippen LogP contribution in [0.3, 0.4) is 0 Å². The van der Waals surface area contributed by atoms with Crippen molar-refractivity contribution < 1.29 is 27.2 Å². The van der Waals surface area contributed by atoms with E-state index in [1.54, 1.807) is 36.4 Å². The van der Waals surface area contributed by atoms with Crippen molar-refractivity contribution in [2.75, 3.05) is 19.0 Å². The maximum Gasteiger partial charge on any atom is 0.286 e. The van der Waals surface area contributed by atoms with Crippen molar-refractivity contribution in [2.45, 2.75) is 23.8 Å². The summed E-state index contributed by atoms with van der Waals surface area (Å²) in [6, 6.07) is 11.8. The number of hydrogen-bond acceptors (Lipinski definition) is 6. The number of carbonyl (C=O) groups excluding carboxylic acids is 2. The number of anilines is 1. The predicted octanol–water partition coefficient (Wildman–Crippen LogP) is 2.33. The third-order valence-corrected chi connectivity index (χ3v) is 7.16. The maximum absolute atomic E-state index is 13.2. The zero-order chi connectivity index (χ0) is 22.2. The first-order valence-corrected chi connectivity index (χ1v) is 11.0. The number of primary amides is 1. The third-order valence-electron chi connectivity index (χ3n) is 5.24. The second kappa shape index (κ2) is 8.05. The van der Waals surface area contributed by atoms with Crippen LogP contribution in [-0.2, 0) is 14.8 Å².